The second-order valence-corrected chi connectivity index (χ2v) is 5.19. The van der Waals surface area contributed by atoms with Crippen LogP contribution in [0.1, 0.15) is 12.5 Å². The molecule has 0 saturated heterocycles. The lowest BCUT2D eigenvalue weighted by Crippen LogP contribution is -2.13. The summed E-state index contributed by atoms with van der Waals surface area (Å²) in [7, 11) is 3.06. The summed E-state index contributed by atoms with van der Waals surface area (Å²) >= 11 is 0. The van der Waals surface area contributed by atoms with Gasteiger partial charge in [0.2, 0.25) is 0 Å². The molecule has 0 aromatic heterocycles. The summed E-state index contributed by atoms with van der Waals surface area (Å²) in [6.07, 6.45) is 1.46. The van der Waals surface area contributed by atoms with Gasteiger partial charge in [-0.2, -0.15) is 5.26 Å². The van der Waals surface area contributed by atoms with Crippen molar-refractivity contribution in [1.82, 2.24) is 0 Å². The van der Waals surface area contributed by atoms with Crippen molar-refractivity contribution in [3.05, 3.63) is 53.6 Å². The van der Waals surface area contributed by atoms with E-state index in [4.69, 9.17) is 14.2 Å². The molecule has 1 amide bonds. The van der Waals surface area contributed by atoms with Gasteiger partial charge in [0.1, 0.15) is 28.9 Å². The van der Waals surface area contributed by atoms with Crippen LogP contribution in [0.25, 0.3) is 6.08 Å². The molecule has 0 aliphatic heterocycles. The van der Waals surface area contributed by atoms with Crippen LogP contribution in [-0.4, -0.2) is 26.7 Å². The summed E-state index contributed by atoms with van der Waals surface area (Å²) in [5.74, 6) is 1.25. The predicted octanol–water partition coefficient (Wildman–Crippen LogP) is 3.65. The molecule has 0 saturated carbocycles. The highest BCUT2D eigenvalue weighted by atomic mass is 16.5. The van der Waals surface area contributed by atoms with Crippen molar-refractivity contribution >= 4 is 17.7 Å². The van der Waals surface area contributed by atoms with Crippen LogP contribution in [0.2, 0.25) is 0 Å². The van der Waals surface area contributed by atoms with Crippen molar-refractivity contribution in [2.24, 2.45) is 0 Å². The van der Waals surface area contributed by atoms with Gasteiger partial charge in [-0.25, -0.2) is 0 Å². The number of nitrogens with zero attached hydrogens (tertiary/aromatic N) is 1. The summed E-state index contributed by atoms with van der Waals surface area (Å²) in [6.45, 7) is 2.40. The Hall–Kier alpha value is -3.46. The Morgan fingerprint density at radius 3 is 2.62 bits per heavy atom. The first-order chi connectivity index (χ1) is 12.6. The normalized spacial score (nSPS) is 10.6. The fraction of sp³-hybridized carbons (Fsp3) is 0.200. The van der Waals surface area contributed by atoms with E-state index in [2.05, 4.69) is 5.32 Å². The third kappa shape index (κ3) is 4.77. The molecule has 6 heteroatoms. The highest BCUT2D eigenvalue weighted by molar-refractivity contribution is 6.09. The number of benzene rings is 2. The lowest BCUT2D eigenvalue weighted by molar-refractivity contribution is -0.112. The average molecular weight is 352 g/mol. The van der Waals surface area contributed by atoms with Crippen LogP contribution < -0.4 is 19.5 Å². The molecule has 2 aromatic carbocycles. The molecule has 0 spiro atoms. The van der Waals surface area contributed by atoms with Gasteiger partial charge in [-0.05, 0) is 43.3 Å². The number of methoxy groups -OCH3 is 2. The van der Waals surface area contributed by atoms with Crippen LogP contribution in [0.5, 0.6) is 17.2 Å². The topological polar surface area (TPSA) is 80.6 Å². The Morgan fingerprint density at radius 2 is 1.96 bits per heavy atom. The number of anilines is 1. The number of carbonyl (C=O) groups excluding carboxylic acids is 1. The number of hydrogen-bond donors (Lipinski definition) is 1. The van der Waals surface area contributed by atoms with Crippen molar-refractivity contribution in [3.63, 3.8) is 0 Å². The Balaban J connectivity index is 2.28. The smallest absolute Gasteiger partial charge is 0.266 e. The lowest BCUT2D eigenvalue weighted by atomic mass is 10.1. The first-order valence-electron chi connectivity index (χ1n) is 7.99. The summed E-state index contributed by atoms with van der Waals surface area (Å²) in [5, 5.41) is 12.1. The number of amides is 1. The molecule has 0 fully saturated rings. The Kier molecular flexibility index (Phi) is 6.63. The second kappa shape index (κ2) is 9.14. The molecule has 0 bridgehead atoms. The van der Waals surface area contributed by atoms with Crippen LogP contribution in [0.4, 0.5) is 5.69 Å². The molecule has 0 aliphatic carbocycles. The van der Waals surface area contributed by atoms with Crippen LogP contribution in [0, 0.1) is 11.3 Å². The molecule has 2 rings (SSSR count). The maximum atomic E-state index is 12.5. The molecule has 0 radical (unpaired) electrons. The van der Waals surface area contributed by atoms with Crippen molar-refractivity contribution in [3.8, 4) is 23.3 Å². The molecule has 26 heavy (non-hydrogen) atoms. The van der Waals surface area contributed by atoms with Gasteiger partial charge in [0, 0.05) is 17.3 Å². The average Bonchev–Trinajstić information content (AvgIpc) is 2.66. The van der Waals surface area contributed by atoms with Crippen molar-refractivity contribution in [2.75, 3.05) is 26.1 Å². The van der Waals surface area contributed by atoms with Gasteiger partial charge in [-0.3, -0.25) is 4.79 Å². The zero-order chi connectivity index (χ0) is 18.9. The Bertz CT molecular complexity index is 853. The van der Waals surface area contributed by atoms with E-state index in [9.17, 15) is 10.1 Å². The number of ether oxygens (including phenoxy) is 3. The Labute approximate surface area is 152 Å². The van der Waals surface area contributed by atoms with E-state index >= 15 is 0 Å². The molecule has 0 unspecified atom stereocenters. The van der Waals surface area contributed by atoms with Crippen molar-refractivity contribution in [2.45, 2.75) is 6.92 Å². The van der Waals surface area contributed by atoms with Gasteiger partial charge in [0.05, 0.1) is 20.8 Å². The van der Waals surface area contributed by atoms with Crippen LogP contribution in [0.3, 0.4) is 0 Å². The van der Waals surface area contributed by atoms with Gasteiger partial charge < -0.3 is 19.5 Å². The zero-order valence-electron chi connectivity index (χ0n) is 14.9. The quantitative estimate of drug-likeness (QED) is 0.608. The van der Waals surface area contributed by atoms with E-state index < -0.39 is 5.91 Å². The second-order valence-electron chi connectivity index (χ2n) is 5.19. The third-order valence-electron chi connectivity index (χ3n) is 3.50. The van der Waals surface area contributed by atoms with E-state index in [0.717, 1.165) is 0 Å². The van der Waals surface area contributed by atoms with E-state index in [1.807, 2.05) is 13.0 Å². The minimum Gasteiger partial charge on any atom is -0.497 e. The monoisotopic (exact) mass is 352 g/mol. The molecule has 6 nitrogen and oxygen atoms in total. The van der Waals surface area contributed by atoms with Gasteiger partial charge in [0.15, 0.2) is 0 Å². The molecule has 1 N–H and O–H groups in total. The van der Waals surface area contributed by atoms with E-state index in [0.29, 0.717) is 35.1 Å². The van der Waals surface area contributed by atoms with Crippen molar-refractivity contribution < 1.29 is 19.0 Å². The number of nitriles is 1. The van der Waals surface area contributed by atoms with Gasteiger partial charge in [-0.1, -0.05) is 6.07 Å². The summed E-state index contributed by atoms with van der Waals surface area (Å²) < 4.78 is 15.9. The standard InChI is InChI=1S/C20H20N2O4/c1-4-26-18-7-5-6-16(12-18)22-20(23)15(13-21)10-14-11-17(24-2)8-9-19(14)25-3/h5-12H,4H2,1-3H3,(H,22,23)/b15-10-. The molecule has 2 aromatic rings. The van der Waals surface area contributed by atoms with E-state index in [-0.39, 0.29) is 5.57 Å². The molecule has 0 aliphatic rings. The number of rotatable bonds is 7. The van der Waals surface area contributed by atoms with Crippen LogP contribution in [0.15, 0.2) is 48.0 Å². The molecule has 0 atom stereocenters. The summed E-state index contributed by atoms with van der Waals surface area (Å²) in [5.41, 5.74) is 1.06. The minimum atomic E-state index is -0.522. The maximum Gasteiger partial charge on any atom is 0.266 e. The maximum absolute atomic E-state index is 12.5. The van der Waals surface area contributed by atoms with Gasteiger partial charge in [0.25, 0.3) is 5.91 Å². The largest absolute Gasteiger partial charge is 0.497 e. The SMILES string of the molecule is CCOc1cccc(NC(=O)/C(C#N)=C\c2cc(OC)ccc2OC)c1. The molecular weight excluding hydrogens is 332 g/mol. The zero-order valence-corrected chi connectivity index (χ0v) is 14.9. The number of nitrogens with one attached hydrogen (secondary N) is 1. The Morgan fingerprint density at radius 1 is 1.15 bits per heavy atom. The van der Waals surface area contributed by atoms with E-state index in [1.165, 1.54) is 13.2 Å². The van der Waals surface area contributed by atoms with Crippen molar-refractivity contribution in [1.29, 1.82) is 5.26 Å². The molecule has 0 heterocycles. The summed E-state index contributed by atoms with van der Waals surface area (Å²) in [6, 6.07) is 14.0. The third-order valence-corrected chi connectivity index (χ3v) is 3.50. The van der Waals surface area contributed by atoms with Crippen LogP contribution >= 0.6 is 0 Å². The fourth-order valence-electron chi connectivity index (χ4n) is 2.29. The molecular formula is C20H20N2O4. The predicted molar refractivity (Wildman–Crippen MR) is 99.4 cm³/mol. The highest BCUT2D eigenvalue weighted by Gasteiger charge is 2.12. The minimum absolute atomic E-state index is 0.0571. The van der Waals surface area contributed by atoms with Crippen LogP contribution in [-0.2, 0) is 4.79 Å². The van der Waals surface area contributed by atoms with Gasteiger partial charge >= 0.3 is 0 Å². The summed E-state index contributed by atoms with van der Waals surface area (Å²) in [4.78, 5) is 12.5. The highest BCUT2D eigenvalue weighted by Crippen LogP contribution is 2.26. The fourth-order valence-corrected chi connectivity index (χ4v) is 2.29. The lowest BCUT2D eigenvalue weighted by Gasteiger charge is -2.09. The van der Waals surface area contributed by atoms with E-state index in [1.54, 1.807) is 49.6 Å². The number of hydrogen-bond acceptors (Lipinski definition) is 5. The van der Waals surface area contributed by atoms with Gasteiger partial charge in [-0.15, -0.1) is 0 Å². The molecule has 134 valence electrons. The first-order valence-corrected chi connectivity index (χ1v) is 7.99. The number of carbonyl (C=O) groups is 1. The first kappa shape index (κ1) is 18.9.